The van der Waals surface area contributed by atoms with Gasteiger partial charge >= 0.3 is 11.8 Å². The smallest absolute Gasteiger partial charge is 0.313 e. The van der Waals surface area contributed by atoms with Gasteiger partial charge in [0.25, 0.3) is 0 Å². The Balaban J connectivity index is 1.86. The van der Waals surface area contributed by atoms with Crippen LogP contribution in [-0.2, 0) is 19.6 Å². The van der Waals surface area contributed by atoms with Gasteiger partial charge in [0.15, 0.2) is 0 Å². The monoisotopic (exact) mass is 413 g/mol. The maximum Gasteiger partial charge on any atom is 0.313 e. The summed E-state index contributed by atoms with van der Waals surface area (Å²) in [5, 5.41) is 5.07. The zero-order valence-electron chi connectivity index (χ0n) is 16.2. The van der Waals surface area contributed by atoms with Crippen LogP contribution in [0.4, 0.5) is 5.69 Å². The lowest BCUT2D eigenvalue weighted by atomic mass is 10.2. The van der Waals surface area contributed by atoms with Crippen LogP contribution in [0.25, 0.3) is 0 Å². The summed E-state index contributed by atoms with van der Waals surface area (Å²) in [5.74, 6) is -1.40. The number of sulfonamides is 1. The van der Waals surface area contributed by atoms with Gasteiger partial charge in [-0.3, -0.25) is 9.59 Å². The number of aryl methyl sites for hydroxylation is 1. The summed E-state index contributed by atoms with van der Waals surface area (Å²) in [6.07, 6.45) is 0.597. The van der Waals surface area contributed by atoms with Gasteiger partial charge in [0, 0.05) is 35.0 Å². The number of carbonyl (C=O) groups excluding carboxylic acids is 2. The highest BCUT2D eigenvalue weighted by Crippen LogP contribution is 2.33. The Bertz CT molecular complexity index is 816. The molecule has 2 amide bonds. The lowest BCUT2D eigenvalue weighted by molar-refractivity contribution is -0.136. The highest BCUT2D eigenvalue weighted by atomic mass is 32.2. The average Bonchev–Trinajstić information content (AvgIpc) is 2.87. The molecule has 1 aliphatic rings. The fourth-order valence-electron chi connectivity index (χ4n) is 2.69. The fourth-order valence-corrected chi connectivity index (χ4v) is 5.30. The number of nitrogens with zero attached hydrogens (tertiary/aromatic N) is 1. The van der Waals surface area contributed by atoms with Crippen molar-refractivity contribution < 1.29 is 18.0 Å². The molecule has 0 atom stereocenters. The van der Waals surface area contributed by atoms with Gasteiger partial charge in [0.05, 0.1) is 5.75 Å². The second kappa shape index (κ2) is 8.62. The molecule has 2 N–H and O–H groups in total. The predicted octanol–water partition coefficient (Wildman–Crippen LogP) is 1.98. The molecule has 2 rings (SSSR count). The molecule has 1 heterocycles. The number of amides is 2. The lowest BCUT2D eigenvalue weighted by Gasteiger charge is -2.18. The third-order valence-corrected chi connectivity index (χ3v) is 6.98. The maximum atomic E-state index is 12.1. The van der Waals surface area contributed by atoms with Crippen LogP contribution in [0.5, 0.6) is 0 Å². The second-order valence-electron chi connectivity index (χ2n) is 7.47. The van der Waals surface area contributed by atoms with Crippen LogP contribution < -0.4 is 10.6 Å². The first kappa shape index (κ1) is 21.7. The van der Waals surface area contributed by atoms with Crippen LogP contribution in [0.15, 0.2) is 23.1 Å². The van der Waals surface area contributed by atoms with Gasteiger partial charge in [0.2, 0.25) is 10.0 Å². The molecule has 1 aliphatic heterocycles. The molecule has 1 aromatic rings. The number of nitrogens with one attached hydrogen (secondary N) is 2. The largest absolute Gasteiger partial charge is 0.347 e. The summed E-state index contributed by atoms with van der Waals surface area (Å²) in [4.78, 5) is 25.1. The third kappa shape index (κ3) is 6.51. The van der Waals surface area contributed by atoms with Crippen molar-refractivity contribution >= 4 is 39.3 Å². The van der Waals surface area contributed by atoms with Crippen LogP contribution in [0.2, 0.25) is 0 Å². The van der Waals surface area contributed by atoms with Crippen molar-refractivity contribution in [3.8, 4) is 0 Å². The van der Waals surface area contributed by atoms with Gasteiger partial charge in [-0.1, -0.05) is 20.8 Å². The molecule has 9 heteroatoms. The molecule has 0 aromatic heterocycles. The molecular weight excluding hydrogens is 386 g/mol. The second-order valence-corrected chi connectivity index (χ2v) is 11.5. The Kier molecular flexibility index (Phi) is 6.93. The molecule has 1 aromatic carbocycles. The molecule has 0 bridgehead atoms. The van der Waals surface area contributed by atoms with Gasteiger partial charge in [0.1, 0.15) is 0 Å². The molecule has 0 spiro atoms. The van der Waals surface area contributed by atoms with Crippen molar-refractivity contribution in [1.82, 2.24) is 9.62 Å². The van der Waals surface area contributed by atoms with Crippen molar-refractivity contribution in [3.63, 3.8) is 0 Å². The number of anilines is 1. The van der Waals surface area contributed by atoms with Crippen molar-refractivity contribution in [3.05, 3.63) is 23.8 Å². The van der Waals surface area contributed by atoms with Crippen molar-refractivity contribution in [1.29, 1.82) is 0 Å². The molecule has 150 valence electrons. The highest BCUT2D eigenvalue weighted by Gasteiger charge is 2.27. The zero-order valence-corrected chi connectivity index (χ0v) is 17.8. The number of carbonyl (C=O) groups is 2. The Labute approximate surface area is 165 Å². The summed E-state index contributed by atoms with van der Waals surface area (Å²) in [5.41, 5.74) is 1.45. The lowest BCUT2D eigenvalue weighted by Crippen LogP contribution is -2.40. The molecule has 0 radical (unpaired) electrons. The van der Waals surface area contributed by atoms with Crippen LogP contribution >= 0.6 is 11.8 Å². The number of rotatable bonds is 5. The van der Waals surface area contributed by atoms with Crippen LogP contribution in [0.3, 0.4) is 0 Å². The Morgan fingerprint density at radius 1 is 1.22 bits per heavy atom. The maximum absolute atomic E-state index is 12.1. The molecule has 27 heavy (non-hydrogen) atoms. The summed E-state index contributed by atoms with van der Waals surface area (Å²) in [6, 6.07) is 5.67. The van der Waals surface area contributed by atoms with Gasteiger partial charge in [-0.25, -0.2) is 12.7 Å². The summed E-state index contributed by atoms with van der Waals surface area (Å²) >= 11 is 1.73. The van der Waals surface area contributed by atoms with Crippen LogP contribution in [0, 0.1) is 6.92 Å². The Hall–Kier alpha value is -1.58. The number of thioether (sulfide) groups is 1. The summed E-state index contributed by atoms with van der Waals surface area (Å²) < 4.78 is 24.8. The van der Waals surface area contributed by atoms with E-state index in [1.54, 1.807) is 17.8 Å². The van der Waals surface area contributed by atoms with Gasteiger partial charge < -0.3 is 10.6 Å². The van der Waals surface area contributed by atoms with E-state index in [0.717, 1.165) is 10.5 Å². The molecule has 1 saturated heterocycles. The molecule has 0 unspecified atom stereocenters. The molecule has 0 saturated carbocycles. The predicted molar refractivity (Wildman–Crippen MR) is 108 cm³/mol. The van der Waals surface area contributed by atoms with Gasteiger partial charge in [-0.2, -0.15) is 0 Å². The average molecular weight is 414 g/mol. The first-order valence-electron chi connectivity index (χ1n) is 8.85. The first-order valence-corrected chi connectivity index (χ1v) is 11.3. The van der Waals surface area contributed by atoms with E-state index in [0.29, 0.717) is 18.7 Å². The van der Waals surface area contributed by atoms with E-state index in [1.807, 2.05) is 19.1 Å². The van der Waals surface area contributed by atoms with E-state index in [9.17, 15) is 18.0 Å². The molecule has 7 nitrogen and oxygen atoms in total. The van der Waals surface area contributed by atoms with Crippen molar-refractivity contribution in [2.24, 2.45) is 0 Å². The van der Waals surface area contributed by atoms with Crippen LogP contribution in [0.1, 0.15) is 32.8 Å². The first-order chi connectivity index (χ1) is 12.5. The van der Waals surface area contributed by atoms with E-state index in [1.165, 1.54) is 4.31 Å². The van der Waals surface area contributed by atoms with E-state index >= 15 is 0 Å². The van der Waals surface area contributed by atoms with E-state index in [2.05, 4.69) is 31.4 Å². The minimum absolute atomic E-state index is 0.0832. The quantitative estimate of drug-likeness (QED) is 0.568. The third-order valence-electron chi connectivity index (χ3n) is 3.93. The Morgan fingerprint density at radius 3 is 2.48 bits per heavy atom. The van der Waals surface area contributed by atoms with E-state index < -0.39 is 21.8 Å². The van der Waals surface area contributed by atoms with Gasteiger partial charge in [-0.15, -0.1) is 11.8 Å². The molecule has 0 aliphatic carbocycles. The molecular formula is C18H27N3O4S2. The number of benzene rings is 1. The standard InChI is InChI=1S/C18H27N3O4S2/c1-13-12-14(26-18(2,3)4)6-7-15(13)20-17(23)16(22)19-8-10-21-9-5-11-27(21,24)25/h6-7,12H,5,8-11H2,1-4H3,(H,19,22)(H,20,23). The highest BCUT2D eigenvalue weighted by molar-refractivity contribution is 8.00. The van der Waals surface area contributed by atoms with E-state index in [-0.39, 0.29) is 23.6 Å². The molecule has 1 fully saturated rings. The van der Waals surface area contributed by atoms with Gasteiger partial charge in [-0.05, 0) is 37.1 Å². The summed E-state index contributed by atoms with van der Waals surface area (Å²) in [7, 11) is -3.20. The Morgan fingerprint density at radius 2 is 1.93 bits per heavy atom. The number of hydrogen-bond donors (Lipinski definition) is 2. The normalized spacial score (nSPS) is 16.9. The topological polar surface area (TPSA) is 95.6 Å². The van der Waals surface area contributed by atoms with E-state index in [4.69, 9.17) is 0 Å². The van der Waals surface area contributed by atoms with Crippen molar-refractivity contribution in [2.75, 3.05) is 30.7 Å². The number of hydrogen-bond acceptors (Lipinski definition) is 5. The van der Waals surface area contributed by atoms with Crippen molar-refractivity contribution in [2.45, 2.75) is 43.8 Å². The minimum atomic E-state index is -3.20. The zero-order chi connectivity index (χ0) is 20.2. The SMILES string of the molecule is Cc1cc(SC(C)(C)C)ccc1NC(=O)C(=O)NCCN1CCCS1(=O)=O. The fraction of sp³-hybridized carbons (Fsp3) is 0.556. The minimum Gasteiger partial charge on any atom is -0.347 e. The van der Waals surface area contributed by atoms with Crippen LogP contribution in [-0.4, -0.2) is 54.7 Å². The summed E-state index contributed by atoms with van der Waals surface area (Å²) in [6.45, 7) is 8.99.